The number of nitrogens with one attached hydrogen (secondary N) is 1. The van der Waals surface area contributed by atoms with E-state index in [0.29, 0.717) is 10.1 Å². The van der Waals surface area contributed by atoms with E-state index < -0.39 is 28.5 Å². The Labute approximate surface area is 208 Å². The Hall–Kier alpha value is -1.93. The SMILES string of the molecule is CCCCCCCCc1ccc(-c2nnc(NC(=O)C3C(/C=C(/Cl)C(F)(F)F)C3(C)C)s2)cc1. The summed E-state index contributed by atoms with van der Waals surface area (Å²) in [7, 11) is 0. The van der Waals surface area contributed by atoms with E-state index in [1.807, 2.05) is 12.1 Å². The molecule has 0 bridgehead atoms. The summed E-state index contributed by atoms with van der Waals surface area (Å²) in [6.07, 6.45) is 4.96. The van der Waals surface area contributed by atoms with Gasteiger partial charge in [0.05, 0.1) is 5.92 Å². The van der Waals surface area contributed by atoms with Gasteiger partial charge < -0.3 is 5.32 Å². The van der Waals surface area contributed by atoms with Gasteiger partial charge in [0.15, 0.2) is 0 Å². The van der Waals surface area contributed by atoms with Crippen LogP contribution in [0.3, 0.4) is 0 Å². The number of carbonyl (C=O) groups excluding carboxylic acids is 1. The fourth-order valence-electron chi connectivity index (χ4n) is 4.24. The fourth-order valence-corrected chi connectivity index (χ4v) is 5.13. The van der Waals surface area contributed by atoms with Gasteiger partial charge in [-0.05, 0) is 29.7 Å². The Balaban J connectivity index is 1.54. The molecule has 1 fully saturated rings. The molecule has 9 heteroatoms. The molecule has 0 spiro atoms. The Bertz CT molecular complexity index is 1000. The molecule has 34 heavy (non-hydrogen) atoms. The molecule has 1 aromatic heterocycles. The third-order valence-electron chi connectivity index (χ3n) is 6.46. The normalized spacial score (nSPS) is 19.8. The van der Waals surface area contributed by atoms with Gasteiger partial charge in [-0.15, -0.1) is 10.2 Å². The molecule has 0 aliphatic heterocycles. The van der Waals surface area contributed by atoms with Crippen LogP contribution >= 0.6 is 22.9 Å². The predicted molar refractivity (Wildman–Crippen MR) is 132 cm³/mol. The Morgan fingerprint density at radius 2 is 1.76 bits per heavy atom. The molecular formula is C25H31ClF3N3OS. The van der Waals surface area contributed by atoms with Crippen molar-refractivity contribution in [2.45, 2.75) is 71.9 Å². The van der Waals surface area contributed by atoms with E-state index in [1.54, 1.807) is 13.8 Å². The molecule has 2 aromatic rings. The highest BCUT2D eigenvalue weighted by Crippen LogP contribution is 2.60. The van der Waals surface area contributed by atoms with Crippen LogP contribution < -0.4 is 5.32 Å². The molecule has 1 N–H and O–H groups in total. The first-order chi connectivity index (χ1) is 16.0. The van der Waals surface area contributed by atoms with Crippen molar-refractivity contribution in [2.75, 3.05) is 5.32 Å². The van der Waals surface area contributed by atoms with Gasteiger partial charge in [-0.3, -0.25) is 4.79 Å². The number of hydrogen-bond donors (Lipinski definition) is 1. The van der Waals surface area contributed by atoms with Gasteiger partial charge in [0.1, 0.15) is 10.0 Å². The first kappa shape index (κ1) is 26.7. The predicted octanol–water partition coefficient (Wildman–Crippen LogP) is 8.00. The molecule has 2 unspecified atom stereocenters. The maximum atomic E-state index is 12.8. The van der Waals surface area contributed by atoms with Gasteiger partial charge in [0.2, 0.25) is 11.0 Å². The number of benzene rings is 1. The van der Waals surface area contributed by atoms with E-state index in [9.17, 15) is 18.0 Å². The van der Waals surface area contributed by atoms with Crippen LogP contribution in [0.15, 0.2) is 35.4 Å². The number of carbonyl (C=O) groups is 1. The Kier molecular flexibility index (Phi) is 8.79. The van der Waals surface area contributed by atoms with E-state index in [-0.39, 0.29) is 5.91 Å². The maximum absolute atomic E-state index is 12.8. The first-order valence-electron chi connectivity index (χ1n) is 11.7. The van der Waals surface area contributed by atoms with Gasteiger partial charge >= 0.3 is 6.18 Å². The van der Waals surface area contributed by atoms with Crippen LogP contribution in [0.25, 0.3) is 10.6 Å². The summed E-state index contributed by atoms with van der Waals surface area (Å²) in [5, 5.41) is 10.7. The quantitative estimate of drug-likeness (QED) is 0.310. The number of rotatable bonds is 11. The minimum Gasteiger partial charge on any atom is -0.300 e. The number of nitrogens with zero attached hydrogens (tertiary/aromatic N) is 2. The van der Waals surface area contributed by atoms with Crippen LogP contribution in [0.2, 0.25) is 0 Å². The zero-order valence-corrected chi connectivity index (χ0v) is 21.3. The number of aromatic nitrogens is 2. The lowest BCUT2D eigenvalue weighted by molar-refractivity contribution is -0.118. The molecule has 186 valence electrons. The number of amides is 1. The highest BCUT2D eigenvalue weighted by Gasteiger charge is 2.61. The number of alkyl halides is 3. The van der Waals surface area contributed by atoms with E-state index in [4.69, 9.17) is 11.6 Å². The molecule has 1 heterocycles. The zero-order chi connectivity index (χ0) is 24.9. The van der Waals surface area contributed by atoms with Crippen molar-refractivity contribution in [2.24, 2.45) is 17.3 Å². The first-order valence-corrected chi connectivity index (χ1v) is 12.9. The minimum atomic E-state index is -4.61. The number of unbranched alkanes of at least 4 members (excludes halogenated alkanes) is 5. The summed E-state index contributed by atoms with van der Waals surface area (Å²) in [5.74, 6) is -1.58. The van der Waals surface area contributed by atoms with E-state index in [0.717, 1.165) is 18.1 Å². The molecule has 1 saturated carbocycles. The van der Waals surface area contributed by atoms with Crippen molar-refractivity contribution in [3.05, 3.63) is 40.9 Å². The molecule has 1 aliphatic carbocycles. The van der Waals surface area contributed by atoms with Crippen LogP contribution in [0, 0.1) is 17.3 Å². The van der Waals surface area contributed by atoms with Crippen molar-refractivity contribution in [3.63, 3.8) is 0 Å². The molecule has 1 amide bonds. The standard InChI is InChI=1S/C25H31ClF3N3OS/c1-4-5-6-7-8-9-10-16-11-13-17(14-12-16)22-31-32-23(34-22)30-21(33)20-18(24(20,2)3)15-19(26)25(27,28)29/h11-15,18,20H,4-10H2,1-3H3,(H,30,32,33)/b19-15+. The summed E-state index contributed by atoms with van der Waals surface area (Å²) in [4.78, 5) is 12.7. The van der Waals surface area contributed by atoms with Crippen molar-refractivity contribution in [1.29, 1.82) is 0 Å². The Morgan fingerprint density at radius 1 is 1.12 bits per heavy atom. The largest absolute Gasteiger partial charge is 0.426 e. The smallest absolute Gasteiger partial charge is 0.300 e. The van der Waals surface area contributed by atoms with Crippen molar-refractivity contribution < 1.29 is 18.0 Å². The number of allylic oxidation sites excluding steroid dienone is 2. The number of anilines is 1. The topological polar surface area (TPSA) is 54.9 Å². The fraction of sp³-hybridized carbons (Fsp3) is 0.560. The van der Waals surface area contributed by atoms with Crippen LogP contribution in [0.4, 0.5) is 18.3 Å². The van der Waals surface area contributed by atoms with Crippen molar-refractivity contribution in [1.82, 2.24) is 10.2 Å². The third-order valence-corrected chi connectivity index (χ3v) is 7.69. The molecule has 2 atom stereocenters. The summed E-state index contributed by atoms with van der Waals surface area (Å²) < 4.78 is 38.3. The highest BCUT2D eigenvalue weighted by atomic mass is 35.5. The second-order valence-electron chi connectivity index (χ2n) is 9.45. The molecule has 1 aliphatic rings. The second-order valence-corrected chi connectivity index (χ2v) is 10.8. The molecule has 0 radical (unpaired) electrons. The Morgan fingerprint density at radius 3 is 2.41 bits per heavy atom. The summed E-state index contributed by atoms with van der Waals surface area (Å²) in [6.45, 7) is 5.71. The molecule has 0 saturated heterocycles. The number of aryl methyl sites for hydroxylation is 1. The summed E-state index contributed by atoms with van der Waals surface area (Å²) in [6, 6.07) is 8.19. The minimum absolute atomic E-state index is 0.323. The monoisotopic (exact) mass is 513 g/mol. The van der Waals surface area contributed by atoms with Gasteiger partial charge in [-0.1, -0.05) is 106 Å². The lowest BCUT2D eigenvalue weighted by Gasteiger charge is -2.04. The average Bonchev–Trinajstić information content (AvgIpc) is 3.08. The van der Waals surface area contributed by atoms with Crippen LogP contribution in [0.1, 0.15) is 64.9 Å². The van der Waals surface area contributed by atoms with E-state index >= 15 is 0 Å². The molecule has 1 aromatic carbocycles. The van der Waals surface area contributed by atoms with Gasteiger partial charge in [0.25, 0.3) is 0 Å². The molecule has 3 rings (SSSR count). The van der Waals surface area contributed by atoms with Gasteiger partial charge in [-0.2, -0.15) is 13.2 Å². The van der Waals surface area contributed by atoms with E-state index in [1.165, 1.54) is 55.4 Å². The van der Waals surface area contributed by atoms with Crippen LogP contribution in [-0.2, 0) is 11.2 Å². The number of hydrogen-bond acceptors (Lipinski definition) is 4. The number of halogens is 4. The van der Waals surface area contributed by atoms with Crippen molar-refractivity contribution in [3.8, 4) is 10.6 Å². The second kappa shape index (κ2) is 11.2. The third kappa shape index (κ3) is 6.81. The van der Waals surface area contributed by atoms with Gasteiger partial charge in [0, 0.05) is 5.56 Å². The summed E-state index contributed by atoms with van der Waals surface area (Å²) >= 11 is 6.61. The van der Waals surface area contributed by atoms with Crippen LogP contribution in [0.5, 0.6) is 0 Å². The van der Waals surface area contributed by atoms with E-state index in [2.05, 4.69) is 34.6 Å². The summed E-state index contributed by atoms with van der Waals surface area (Å²) in [5.41, 5.74) is 1.58. The average molecular weight is 514 g/mol. The zero-order valence-electron chi connectivity index (χ0n) is 19.7. The van der Waals surface area contributed by atoms with Crippen molar-refractivity contribution >= 4 is 34.0 Å². The molecule has 4 nitrogen and oxygen atoms in total. The van der Waals surface area contributed by atoms with Crippen LogP contribution in [-0.4, -0.2) is 22.3 Å². The molecular weight excluding hydrogens is 483 g/mol. The van der Waals surface area contributed by atoms with Gasteiger partial charge in [-0.25, -0.2) is 0 Å². The lowest BCUT2D eigenvalue weighted by Crippen LogP contribution is -2.16. The lowest BCUT2D eigenvalue weighted by atomic mass is 10.0. The maximum Gasteiger partial charge on any atom is 0.426 e. The highest BCUT2D eigenvalue weighted by molar-refractivity contribution is 7.18.